The molecular formula is C14H11Cl3N5O3+. The van der Waals surface area contributed by atoms with E-state index in [1.807, 2.05) is 0 Å². The number of amides is 1. The van der Waals surface area contributed by atoms with Crippen molar-refractivity contribution < 1.29 is 14.7 Å². The van der Waals surface area contributed by atoms with E-state index in [-0.39, 0.29) is 32.3 Å². The summed E-state index contributed by atoms with van der Waals surface area (Å²) in [6.45, 7) is 1.62. The van der Waals surface area contributed by atoms with Crippen molar-refractivity contribution >= 4 is 57.8 Å². The minimum atomic E-state index is -0.684. The lowest BCUT2D eigenvalue weighted by molar-refractivity contribution is -0.384. The Balaban J connectivity index is 2.21. The Labute approximate surface area is 156 Å². The molecule has 1 aromatic heterocycles. The van der Waals surface area contributed by atoms with Crippen LogP contribution >= 0.6 is 34.8 Å². The Morgan fingerprint density at radius 1 is 1.24 bits per heavy atom. The predicted octanol–water partition coefficient (Wildman–Crippen LogP) is 3.11. The minimum Gasteiger partial charge on any atom is -0.396 e. The number of H-pyrrole nitrogens is 1. The van der Waals surface area contributed by atoms with Crippen molar-refractivity contribution in [2.24, 2.45) is 5.10 Å². The Bertz CT molecular complexity index is 884. The number of nitro benzene ring substituents is 1. The molecule has 130 valence electrons. The van der Waals surface area contributed by atoms with Crippen molar-refractivity contribution in [3.8, 4) is 0 Å². The second kappa shape index (κ2) is 7.64. The van der Waals surface area contributed by atoms with Crippen LogP contribution in [0.15, 0.2) is 29.4 Å². The van der Waals surface area contributed by atoms with E-state index in [1.54, 1.807) is 6.92 Å². The number of nitro groups is 1. The summed E-state index contributed by atoms with van der Waals surface area (Å²) < 4.78 is 0. The highest BCUT2D eigenvalue weighted by Crippen LogP contribution is 2.31. The normalized spacial score (nSPS) is 11.3. The van der Waals surface area contributed by atoms with Crippen LogP contribution in [0.3, 0.4) is 0 Å². The van der Waals surface area contributed by atoms with Gasteiger partial charge in [0.2, 0.25) is 0 Å². The van der Waals surface area contributed by atoms with Crippen LogP contribution in [-0.4, -0.2) is 16.5 Å². The number of hydrogen-bond donors (Lipinski definition) is 2. The highest BCUT2D eigenvalue weighted by atomic mass is 35.5. The first kappa shape index (κ1) is 18.9. The van der Waals surface area contributed by atoms with Gasteiger partial charge in [0.05, 0.1) is 16.3 Å². The third-order valence-electron chi connectivity index (χ3n) is 3.17. The molecule has 0 spiro atoms. The molecule has 1 aromatic carbocycles. The molecule has 0 saturated carbocycles. The SMILES string of the molecule is C/C(=N/NC(=O)c1[nH+]c(Cl)c(Cl)c(N)c1Cl)c1ccc([N+](=O)[O-])cc1. The van der Waals surface area contributed by atoms with Gasteiger partial charge in [-0.25, -0.2) is 5.43 Å². The minimum absolute atomic E-state index is 0.00813. The van der Waals surface area contributed by atoms with Gasteiger partial charge in [0, 0.05) is 12.1 Å². The third kappa shape index (κ3) is 4.16. The van der Waals surface area contributed by atoms with Crippen molar-refractivity contribution in [2.45, 2.75) is 6.92 Å². The van der Waals surface area contributed by atoms with Crippen molar-refractivity contribution in [1.29, 1.82) is 0 Å². The number of carbonyl (C=O) groups excluding carboxylic acids is 1. The molecule has 4 N–H and O–H groups in total. The molecule has 2 rings (SSSR count). The van der Waals surface area contributed by atoms with Gasteiger partial charge in [-0.2, -0.15) is 10.1 Å². The average Bonchev–Trinajstić information content (AvgIpc) is 2.60. The maximum atomic E-state index is 12.2. The number of hydrazone groups is 1. The largest absolute Gasteiger partial charge is 0.396 e. The lowest BCUT2D eigenvalue weighted by atomic mass is 10.1. The number of pyridine rings is 1. The van der Waals surface area contributed by atoms with E-state index in [9.17, 15) is 14.9 Å². The quantitative estimate of drug-likeness (QED) is 0.352. The van der Waals surface area contributed by atoms with Crippen molar-refractivity contribution in [2.75, 3.05) is 5.73 Å². The molecule has 0 fully saturated rings. The van der Waals surface area contributed by atoms with Crippen LogP contribution in [0, 0.1) is 10.1 Å². The van der Waals surface area contributed by atoms with Gasteiger partial charge in [0.1, 0.15) is 10.0 Å². The van der Waals surface area contributed by atoms with E-state index in [0.29, 0.717) is 11.3 Å². The Kier molecular flexibility index (Phi) is 5.78. The zero-order valence-electron chi connectivity index (χ0n) is 12.6. The highest BCUT2D eigenvalue weighted by Gasteiger charge is 2.26. The molecule has 0 aliphatic heterocycles. The monoisotopic (exact) mass is 402 g/mol. The molecule has 0 aliphatic rings. The number of nitrogens with two attached hydrogens (primary N) is 1. The van der Waals surface area contributed by atoms with E-state index >= 15 is 0 Å². The van der Waals surface area contributed by atoms with Crippen molar-refractivity contribution in [3.05, 3.63) is 60.8 Å². The molecule has 0 saturated heterocycles. The maximum Gasteiger partial charge on any atom is 0.337 e. The molecular weight excluding hydrogens is 393 g/mol. The number of aromatic nitrogens is 1. The number of nitrogens with one attached hydrogen (secondary N) is 2. The van der Waals surface area contributed by atoms with Gasteiger partial charge in [-0.15, -0.1) is 0 Å². The number of hydrogen-bond acceptors (Lipinski definition) is 5. The topological polar surface area (TPSA) is 125 Å². The molecule has 2 aromatic rings. The van der Waals surface area contributed by atoms with Crippen LogP contribution in [0.4, 0.5) is 11.4 Å². The maximum absolute atomic E-state index is 12.2. The standard InChI is InChI=1S/C14H10Cl3N5O3/c1-6(7-2-4-8(5-3-7)22(24)25)20-21-14(23)12-9(15)11(18)10(16)13(17)19-12/h2-5H,1H3,(H2,18,19)(H,21,23)/p+1/b20-6-. The summed E-state index contributed by atoms with van der Waals surface area (Å²) in [5.41, 5.74) is 8.79. The lowest BCUT2D eigenvalue weighted by Crippen LogP contribution is -2.29. The summed E-state index contributed by atoms with van der Waals surface area (Å²) in [5.74, 6) is -0.684. The second-order valence-corrected chi connectivity index (χ2v) is 5.93. The summed E-state index contributed by atoms with van der Waals surface area (Å²) >= 11 is 17.6. The summed E-state index contributed by atoms with van der Waals surface area (Å²) in [7, 11) is 0. The molecule has 25 heavy (non-hydrogen) atoms. The predicted molar refractivity (Wildman–Crippen MR) is 95.2 cm³/mol. The number of nitrogens with zero attached hydrogens (tertiary/aromatic N) is 2. The van der Waals surface area contributed by atoms with E-state index in [0.717, 1.165) is 0 Å². The summed E-state index contributed by atoms with van der Waals surface area (Å²) in [6.07, 6.45) is 0. The van der Waals surface area contributed by atoms with Gasteiger partial charge in [-0.3, -0.25) is 14.9 Å². The number of nitrogen functional groups attached to an aromatic ring is 1. The van der Waals surface area contributed by atoms with Gasteiger partial charge in [-0.1, -0.05) is 23.2 Å². The molecule has 0 radical (unpaired) electrons. The zero-order chi connectivity index (χ0) is 18.7. The molecule has 1 amide bonds. The first-order chi connectivity index (χ1) is 11.7. The second-order valence-electron chi connectivity index (χ2n) is 4.80. The van der Waals surface area contributed by atoms with E-state index in [2.05, 4.69) is 15.5 Å². The molecule has 1 heterocycles. The van der Waals surface area contributed by atoms with Crippen LogP contribution in [0.25, 0.3) is 0 Å². The third-order valence-corrected chi connectivity index (χ3v) is 4.33. The van der Waals surface area contributed by atoms with E-state index < -0.39 is 10.8 Å². The molecule has 0 unspecified atom stereocenters. The van der Waals surface area contributed by atoms with Crippen LogP contribution in [-0.2, 0) is 0 Å². The number of rotatable bonds is 4. The fourth-order valence-corrected chi connectivity index (χ4v) is 2.42. The summed E-state index contributed by atoms with van der Waals surface area (Å²) in [5, 5.41) is 14.4. The van der Waals surface area contributed by atoms with Gasteiger partial charge in [0.15, 0.2) is 0 Å². The number of halogens is 3. The Hall–Kier alpha value is -2.42. The van der Waals surface area contributed by atoms with Crippen LogP contribution < -0.4 is 16.1 Å². The van der Waals surface area contributed by atoms with E-state index in [1.165, 1.54) is 24.3 Å². The number of benzene rings is 1. The Morgan fingerprint density at radius 2 is 1.84 bits per heavy atom. The Morgan fingerprint density at radius 3 is 2.40 bits per heavy atom. The number of non-ortho nitro benzene ring substituents is 1. The van der Waals surface area contributed by atoms with Crippen LogP contribution in [0.2, 0.25) is 15.2 Å². The highest BCUT2D eigenvalue weighted by molar-refractivity contribution is 6.45. The fraction of sp³-hybridized carbons (Fsp3) is 0.0714. The first-order valence-corrected chi connectivity index (χ1v) is 7.80. The smallest absolute Gasteiger partial charge is 0.337 e. The van der Waals surface area contributed by atoms with Gasteiger partial charge in [-0.05, 0) is 36.2 Å². The summed E-state index contributed by atoms with van der Waals surface area (Å²) in [6, 6.07) is 5.69. The van der Waals surface area contributed by atoms with Crippen molar-refractivity contribution in [1.82, 2.24) is 5.43 Å². The van der Waals surface area contributed by atoms with Crippen LogP contribution in [0.5, 0.6) is 0 Å². The van der Waals surface area contributed by atoms with E-state index in [4.69, 9.17) is 40.5 Å². The average molecular weight is 404 g/mol. The van der Waals surface area contributed by atoms with Gasteiger partial charge in [0.25, 0.3) is 16.5 Å². The lowest BCUT2D eigenvalue weighted by Gasteiger charge is -2.04. The fourth-order valence-electron chi connectivity index (χ4n) is 1.80. The first-order valence-electron chi connectivity index (χ1n) is 6.67. The zero-order valence-corrected chi connectivity index (χ0v) is 14.9. The molecule has 0 atom stereocenters. The molecule has 8 nitrogen and oxygen atoms in total. The number of carbonyl (C=O) groups is 1. The number of aromatic amines is 1. The number of anilines is 1. The summed E-state index contributed by atoms with van der Waals surface area (Å²) in [4.78, 5) is 24.8. The molecule has 0 bridgehead atoms. The van der Waals surface area contributed by atoms with Gasteiger partial charge < -0.3 is 5.73 Å². The molecule has 11 heteroatoms. The van der Waals surface area contributed by atoms with Crippen LogP contribution in [0.1, 0.15) is 23.0 Å². The van der Waals surface area contributed by atoms with Gasteiger partial charge >= 0.3 is 5.91 Å². The van der Waals surface area contributed by atoms with Crippen molar-refractivity contribution in [3.63, 3.8) is 0 Å². The molecule has 0 aliphatic carbocycles.